The Morgan fingerprint density at radius 3 is 2.31 bits per heavy atom. The summed E-state index contributed by atoms with van der Waals surface area (Å²) in [6.45, 7) is 1.67. The fraction of sp³-hybridized carbons (Fsp3) is 0.360. The molecule has 0 saturated carbocycles. The van der Waals surface area contributed by atoms with Crippen molar-refractivity contribution in [3.8, 4) is 5.75 Å². The maximum absolute atomic E-state index is 14.0. The summed E-state index contributed by atoms with van der Waals surface area (Å²) in [4.78, 5) is 19.4. The summed E-state index contributed by atoms with van der Waals surface area (Å²) in [5.74, 6) is -1.88. The smallest absolute Gasteiger partial charge is 0.409 e. The summed E-state index contributed by atoms with van der Waals surface area (Å²) in [5, 5.41) is 10.1. The van der Waals surface area contributed by atoms with Crippen LogP contribution in [0.4, 0.5) is 41.2 Å². The Bertz CT molecular complexity index is 1220. The zero-order valence-corrected chi connectivity index (χ0v) is 20.6. The van der Waals surface area contributed by atoms with Crippen molar-refractivity contribution in [1.29, 1.82) is 0 Å². The fourth-order valence-corrected chi connectivity index (χ4v) is 3.65. The molecule has 3 rings (SSSR count). The highest BCUT2D eigenvalue weighted by Crippen LogP contribution is 2.44. The van der Waals surface area contributed by atoms with Crippen LogP contribution < -0.4 is 15.4 Å². The average molecular weight is 562 g/mol. The lowest BCUT2D eigenvalue weighted by Crippen LogP contribution is -2.42. The second kappa shape index (κ2) is 12.0. The zero-order valence-electron chi connectivity index (χ0n) is 20.6. The van der Waals surface area contributed by atoms with Gasteiger partial charge in [-0.05, 0) is 55.9 Å². The summed E-state index contributed by atoms with van der Waals surface area (Å²) in [6.07, 6.45) is -10.3. The van der Waals surface area contributed by atoms with Crippen LogP contribution in [0.3, 0.4) is 0 Å². The number of β-amino-alcohol motifs (C(OH)–C–C–N with tert-alkyl or cyclic N) is 1. The van der Waals surface area contributed by atoms with E-state index < -0.39 is 58.4 Å². The van der Waals surface area contributed by atoms with Crippen molar-refractivity contribution in [2.24, 2.45) is 10.7 Å². The van der Waals surface area contributed by atoms with Crippen molar-refractivity contribution in [2.75, 3.05) is 38.1 Å². The molecule has 7 nitrogen and oxygen atoms in total. The van der Waals surface area contributed by atoms with Gasteiger partial charge < -0.3 is 20.5 Å². The molecule has 3 N–H and O–H groups in total. The lowest BCUT2D eigenvalue weighted by molar-refractivity contribution is -0.143. The number of rotatable bonds is 8. The van der Waals surface area contributed by atoms with Gasteiger partial charge in [0.1, 0.15) is 5.82 Å². The lowest BCUT2D eigenvalue weighted by atomic mass is 9.98. The van der Waals surface area contributed by atoms with Crippen LogP contribution in [0.2, 0.25) is 0 Å². The molecule has 0 spiro atoms. The number of aliphatic hydroxyl groups is 1. The summed E-state index contributed by atoms with van der Waals surface area (Å²) < 4.78 is 101. The number of aliphatic hydroxyl groups excluding tert-OH is 1. The van der Waals surface area contributed by atoms with Gasteiger partial charge in [-0.3, -0.25) is 9.89 Å². The Kier molecular flexibility index (Phi) is 9.22. The Morgan fingerprint density at radius 1 is 1.15 bits per heavy atom. The molecule has 1 unspecified atom stereocenters. The van der Waals surface area contributed by atoms with E-state index in [0.717, 1.165) is 61.9 Å². The molecule has 2 aromatic rings. The molecule has 1 fully saturated rings. The number of benzene rings is 2. The SMILES string of the molecule is CN(C(=O)Oc1c(C(C=NCC(O)CN2CCC2)=CN)cc(C(F)(F)F)cc1C(F)(F)F)c1ccc(F)cc1. The van der Waals surface area contributed by atoms with Gasteiger partial charge in [0.05, 0.1) is 23.8 Å². The molecule has 212 valence electrons. The number of aliphatic imine (C=N–C) groups is 1. The van der Waals surface area contributed by atoms with Gasteiger partial charge >= 0.3 is 18.4 Å². The molecule has 1 aliphatic heterocycles. The number of hydrogen-bond acceptors (Lipinski definition) is 6. The largest absolute Gasteiger partial charge is 0.420 e. The lowest BCUT2D eigenvalue weighted by Gasteiger charge is -2.32. The first-order valence-corrected chi connectivity index (χ1v) is 11.6. The maximum atomic E-state index is 14.0. The molecule has 1 saturated heterocycles. The number of carbonyl (C=O) groups excluding carboxylic acids is 1. The molecule has 2 aromatic carbocycles. The number of alkyl halides is 6. The number of carbonyl (C=O) groups is 1. The van der Waals surface area contributed by atoms with Crippen LogP contribution >= 0.6 is 0 Å². The van der Waals surface area contributed by atoms with E-state index in [1.54, 1.807) is 0 Å². The van der Waals surface area contributed by atoms with Crippen molar-refractivity contribution >= 4 is 23.6 Å². The predicted octanol–water partition coefficient (Wildman–Crippen LogP) is 4.94. The number of nitrogens with two attached hydrogens (primary N) is 1. The molecular formula is C25H25F7N4O3. The second-order valence-electron chi connectivity index (χ2n) is 8.72. The van der Waals surface area contributed by atoms with Crippen molar-refractivity contribution in [3.63, 3.8) is 0 Å². The molecule has 0 aromatic heterocycles. The van der Waals surface area contributed by atoms with E-state index in [1.165, 1.54) is 0 Å². The van der Waals surface area contributed by atoms with Gasteiger partial charge in [0.25, 0.3) is 0 Å². The number of halogens is 7. The van der Waals surface area contributed by atoms with E-state index in [-0.39, 0.29) is 18.3 Å². The van der Waals surface area contributed by atoms with E-state index in [9.17, 15) is 40.6 Å². The molecule has 14 heteroatoms. The zero-order chi connectivity index (χ0) is 29.0. The molecule has 1 heterocycles. The van der Waals surface area contributed by atoms with Crippen LogP contribution in [0.1, 0.15) is 23.1 Å². The molecule has 0 radical (unpaired) electrons. The van der Waals surface area contributed by atoms with Gasteiger partial charge in [0.15, 0.2) is 5.75 Å². The van der Waals surface area contributed by atoms with Crippen LogP contribution in [-0.2, 0) is 12.4 Å². The molecule has 39 heavy (non-hydrogen) atoms. The van der Waals surface area contributed by atoms with Crippen molar-refractivity contribution in [2.45, 2.75) is 24.9 Å². The highest BCUT2D eigenvalue weighted by atomic mass is 19.4. The van der Waals surface area contributed by atoms with E-state index in [4.69, 9.17) is 10.5 Å². The molecule has 1 atom stereocenters. The summed E-state index contributed by atoms with van der Waals surface area (Å²) in [7, 11) is 1.12. The minimum Gasteiger partial charge on any atom is -0.409 e. The van der Waals surface area contributed by atoms with E-state index in [1.807, 2.05) is 4.90 Å². The van der Waals surface area contributed by atoms with Gasteiger partial charge in [-0.1, -0.05) is 0 Å². The first-order valence-electron chi connectivity index (χ1n) is 11.6. The number of anilines is 1. The van der Waals surface area contributed by atoms with Gasteiger partial charge in [0.2, 0.25) is 0 Å². The number of ether oxygens (including phenoxy) is 1. The molecule has 0 aliphatic carbocycles. The third kappa shape index (κ3) is 7.69. The third-order valence-corrected chi connectivity index (χ3v) is 5.85. The fourth-order valence-electron chi connectivity index (χ4n) is 3.65. The van der Waals surface area contributed by atoms with Crippen LogP contribution in [0.25, 0.3) is 5.57 Å². The molecular weight excluding hydrogens is 537 g/mol. The number of amides is 1. The van der Waals surface area contributed by atoms with E-state index in [0.29, 0.717) is 18.8 Å². The van der Waals surface area contributed by atoms with E-state index >= 15 is 0 Å². The minimum absolute atomic E-state index is 0.0377. The van der Waals surface area contributed by atoms with Gasteiger partial charge in [-0.2, -0.15) is 26.3 Å². The van der Waals surface area contributed by atoms with Crippen LogP contribution in [-0.4, -0.2) is 61.6 Å². The summed E-state index contributed by atoms with van der Waals surface area (Å²) >= 11 is 0. The quantitative estimate of drug-likeness (QED) is 0.352. The monoisotopic (exact) mass is 562 g/mol. The standard InChI is InChI=1S/C25H25F7N4O3/c1-35(18-5-3-17(26)4-6-18)23(38)39-22-20(9-16(24(27,28)29)10-21(22)25(30,31)32)15(11-33)12-34-13-19(37)14-36-7-2-8-36/h3-6,9-12,19,37H,2,7-8,13-14,33H2,1H3. The number of hydrogen-bond donors (Lipinski definition) is 2. The van der Waals surface area contributed by atoms with Gasteiger partial charge in [-0.25, -0.2) is 9.18 Å². The topological polar surface area (TPSA) is 91.4 Å². The Balaban J connectivity index is 2.02. The number of likely N-dealkylation sites (tertiary alicyclic amines) is 1. The molecule has 0 bridgehead atoms. The first kappa shape index (κ1) is 29.9. The van der Waals surface area contributed by atoms with E-state index in [2.05, 4.69) is 4.99 Å². The molecule has 1 amide bonds. The highest BCUT2D eigenvalue weighted by molar-refractivity contribution is 6.11. The van der Waals surface area contributed by atoms with Crippen LogP contribution in [0, 0.1) is 5.82 Å². The summed E-state index contributed by atoms with van der Waals surface area (Å²) in [5.41, 5.74) is 0.814. The highest BCUT2D eigenvalue weighted by Gasteiger charge is 2.41. The Morgan fingerprint density at radius 2 is 1.79 bits per heavy atom. The van der Waals surface area contributed by atoms with Gasteiger partial charge in [0, 0.05) is 42.8 Å². The van der Waals surface area contributed by atoms with Crippen molar-refractivity contribution in [3.05, 3.63) is 65.1 Å². The number of allylic oxidation sites excluding steroid dienone is 1. The Labute approximate surface area is 219 Å². The van der Waals surface area contributed by atoms with Crippen LogP contribution in [0.5, 0.6) is 5.75 Å². The molecule has 1 aliphatic rings. The maximum Gasteiger partial charge on any atom is 0.420 e. The first-order chi connectivity index (χ1) is 18.2. The Hall–Kier alpha value is -3.65. The third-order valence-electron chi connectivity index (χ3n) is 5.85. The average Bonchev–Trinajstić information content (AvgIpc) is 2.83. The normalized spacial score (nSPS) is 15.8. The van der Waals surface area contributed by atoms with Crippen LogP contribution in [0.15, 0.2) is 47.6 Å². The van der Waals surface area contributed by atoms with Gasteiger partial charge in [-0.15, -0.1) is 0 Å². The number of nitrogens with zero attached hydrogens (tertiary/aromatic N) is 3. The summed E-state index contributed by atoms with van der Waals surface area (Å²) in [6, 6.07) is 4.47. The minimum atomic E-state index is -5.37. The van der Waals surface area contributed by atoms with Crippen molar-refractivity contribution < 1.29 is 45.4 Å². The van der Waals surface area contributed by atoms with Crippen molar-refractivity contribution in [1.82, 2.24) is 4.90 Å². The predicted molar refractivity (Wildman–Crippen MR) is 130 cm³/mol. The second-order valence-corrected chi connectivity index (χ2v) is 8.72.